The largest absolute Gasteiger partial charge is 0.394 e. The average molecular weight is 334 g/mol. The first-order valence-corrected chi connectivity index (χ1v) is 7.42. The van der Waals surface area contributed by atoms with Gasteiger partial charge in [0.2, 0.25) is 0 Å². The molecule has 2 rings (SSSR count). The maximum atomic E-state index is 9.70. The summed E-state index contributed by atoms with van der Waals surface area (Å²) in [7, 11) is 0. The van der Waals surface area contributed by atoms with Crippen molar-refractivity contribution in [3.05, 3.63) is 21.8 Å². The van der Waals surface area contributed by atoms with Crippen molar-refractivity contribution in [2.45, 2.75) is 38.1 Å². The molecule has 1 heterocycles. The van der Waals surface area contributed by atoms with Crippen LogP contribution in [-0.2, 0) is 0 Å². The molecule has 0 amide bonds. The Morgan fingerprint density at radius 1 is 1.56 bits per heavy atom. The molecule has 5 heteroatoms. The molecule has 3 nitrogen and oxygen atoms in total. The number of aliphatic hydroxyl groups excluding tert-OH is 1. The number of rotatable bonds is 3. The van der Waals surface area contributed by atoms with E-state index in [-0.39, 0.29) is 12.1 Å². The van der Waals surface area contributed by atoms with Crippen LogP contribution in [0.3, 0.4) is 0 Å². The lowest BCUT2D eigenvalue weighted by Crippen LogP contribution is -2.45. The van der Waals surface area contributed by atoms with Crippen molar-refractivity contribution in [3.63, 3.8) is 0 Å². The summed E-state index contributed by atoms with van der Waals surface area (Å²) in [5.41, 5.74) is -0.240. The molecule has 1 saturated carbocycles. The van der Waals surface area contributed by atoms with E-state index in [0.29, 0.717) is 5.02 Å². The van der Waals surface area contributed by atoms with Crippen molar-refractivity contribution < 1.29 is 5.11 Å². The second-order valence-corrected chi connectivity index (χ2v) is 6.52. The number of nitrogens with one attached hydrogen (secondary N) is 1. The van der Waals surface area contributed by atoms with Crippen LogP contribution in [0, 0.1) is 5.92 Å². The molecule has 18 heavy (non-hydrogen) atoms. The summed E-state index contributed by atoms with van der Waals surface area (Å²) in [5, 5.41) is 13.7. The van der Waals surface area contributed by atoms with Gasteiger partial charge in [-0.25, -0.2) is 4.98 Å². The number of pyridine rings is 1. The van der Waals surface area contributed by atoms with E-state index in [9.17, 15) is 5.11 Å². The standard InChI is InChI=1S/C13H18BrClN2O/c1-9-2-4-13(8-18,5-3-9)17-12-11(14)6-10(15)7-16-12/h6-7,9,18H,2-5,8H2,1H3,(H,16,17). The summed E-state index contributed by atoms with van der Waals surface area (Å²) in [6.07, 6.45) is 5.84. The van der Waals surface area contributed by atoms with E-state index in [1.54, 1.807) is 6.20 Å². The van der Waals surface area contributed by atoms with Crippen LogP contribution in [0.2, 0.25) is 5.02 Å². The fourth-order valence-corrected chi connectivity index (χ4v) is 3.13. The summed E-state index contributed by atoms with van der Waals surface area (Å²) in [6.45, 7) is 2.40. The maximum Gasteiger partial charge on any atom is 0.140 e. The number of aliphatic hydroxyl groups is 1. The van der Waals surface area contributed by atoms with Gasteiger partial charge in [-0.05, 0) is 53.6 Å². The number of hydrogen-bond acceptors (Lipinski definition) is 3. The molecular formula is C13H18BrClN2O. The van der Waals surface area contributed by atoms with Gasteiger partial charge in [-0.3, -0.25) is 0 Å². The third-order valence-corrected chi connectivity index (χ3v) is 4.54. The molecule has 0 radical (unpaired) electrons. The van der Waals surface area contributed by atoms with Crippen molar-refractivity contribution in [2.75, 3.05) is 11.9 Å². The Balaban J connectivity index is 2.15. The van der Waals surface area contributed by atoms with Gasteiger partial charge in [-0.2, -0.15) is 0 Å². The van der Waals surface area contributed by atoms with E-state index in [2.05, 4.69) is 33.2 Å². The van der Waals surface area contributed by atoms with E-state index in [1.807, 2.05) is 6.07 Å². The zero-order valence-electron chi connectivity index (χ0n) is 10.4. The van der Waals surface area contributed by atoms with Gasteiger partial charge in [-0.15, -0.1) is 0 Å². The summed E-state index contributed by atoms with van der Waals surface area (Å²) in [5.74, 6) is 1.50. The van der Waals surface area contributed by atoms with E-state index in [1.165, 1.54) is 0 Å². The van der Waals surface area contributed by atoms with Gasteiger partial charge in [0, 0.05) is 6.20 Å². The number of nitrogens with zero attached hydrogens (tertiary/aromatic N) is 1. The van der Waals surface area contributed by atoms with E-state index in [0.717, 1.165) is 41.9 Å². The molecule has 100 valence electrons. The monoisotopic (exact) mass is 332 g/mol. The molecular weight excluding hydrogens is 316 g/mol. The predicted octanol–water partition coefficient (Wildman–Crippen LogP) is 3.85. The van der Waals surface area contributed by atoms with Crippen LogP contribution in [0.4, 0.5) is 5.82 Å². The van der Waals surface area contributed by atoms with E-state index >= 15 is 0 Å². The van der Waals surface area contributed by atoms with Gasteiger partial charge in [0.05, 0.1) is 21.6 Å². The van der Waals surface area contributed by atoms with Gasteiger partial charge in [-0.1, -0.05) is 18.5 Å². The number of anilines is 1. The summed E-state index contributed by atoms with van der Waals surface area (Å²) >= 11 is 9.33. The SMILES string of the molecule is CC1CCC(CO)(Nc2ncc(Cl)cc2Br)CC1. The smallest absolute Gasteiger partial charge is 0.140 e. The Bertz CT molecular complexity index is 419. The zero-order chi connectivity index (χ0) is 13.2. The van der Waals surface area contributed by atoms with E-state index in [4.69, 9.17) is 11.6 Å². The van der Waals surface area contributed by atoms with Crippen molar-refractivity contribution in [1.29, 1.82) is 0 Å². The first-order chi connectivity index (χ1) is 8.54. The number of hydrogen-bond donors (Lipinski definition) is 2. The topological polar surface area (TPSA) is 45.1 Å². The molecule has 1 aliphatic rings. The van der Waals surface area contributed by atoms with Crippen molar-refractivity contribution in [3.8, 4) is 0 Å². The van der Waals surface area contributed by atoms with Crippen LogP contribution in [-0.4, -0.2) is 22.2 Å². The van der Waals surface area contributed by atoms with Gasteiger partial charge in [0.1, 0.15) is 5.82 Å². The Morgan fingerprint density at radius 2 is 2.22 bits per heavy atom. The highest BCUT2D eigenvalue weighted by Gasteiger charge is 2.34. The second-order valence-electron chi connectivity index (χ2n) is 5.23. The first-order valence-electron chi connectivity index (χ1n) is 6.25. The Hall–Kier alpha value is -0.320. The molecule has 0 atom stereocenters. The van der Waals surface area contributed by atoms with Gasteiger partial charge in [0.25, 0.3) is 0 Å². The van der Waals surface area contributed by atoms with Crippen LogP contribution in [0.5, 0.6) is 0 Å². The highest BCUT2D eigenvalue weighted by Crippen LogP contribution is 2.35. The Morgan fingerprint density at radius 3 is 2.78 bits per heavy atom. The third-order valence-electron chi connectivity index (χ3n) is 3.73. The van der Waals surface area contributed by atoms with Gasteiger partial charge < -0.3 is 10.4 Å². The molecule has 0 aromatic carbocycles. The Labute approximate surface area is 121 Å². The molecule has 0 aliphatic heterocycles. The molecule has 1 aromatic rings. The highest BCUT2D eigenvalue weighted by molar-refractivity contribution is 9.10. The van der Waals surface area contributed by atoms with Crippen LogP contribution >= 0.6 is 27.5 Å². The lowest BCUT2D eigenvalue weighted by atomic mass is 9.77. The summed E-state index contributed by atoms with van der Waals surface area (Å²) in [6, 6.07) is 1.81. The summed E-state index contributed by atoms with van der Waals surface area (Å²) < 4.78 is 0.835. The summed E-state index contributed by atoms with van der Waals surface area (Å²) in [4.78, 5) is 4.28. The maximum absolute atomic E-state index is 9.70. The third kappa shape index (κ3) is 3.16. The lowest BCUT2D eigenvalue weighted by molar-refractivity contribution is 0.155. The molecule has 0 spiro atoms. The average Bonchev–Trinajstić information content (AvgIpc) is 2.36. The molecule has 2 N–H and O–H groups in total. The van der Waals surface area contributed by atoms with Gasteiger partial charge >= 0.3 is 0 Å². The molecule has 1 aliphatic carbocycles. The van der Waals surface area contributed by atoms with Crippen molar-refractivity contribution in [2.24, 2.45) is 5.92 Å². The molecule has 1 fully saturated rings. The number of aromatic nitrogens is 1. The van der Waals surface area contributed by atoms with Crippen LogP contribution in [0.1, 0.15) is 32.6 Å². The van der Waals surface area contributed by atoms with Crippen LogP contribution in [0.25, 0.3) is 0 Å². The van der Waals surface area contributed by atoms with Gasteiger partial charge in [0.15, 0.2) is 0 Å². The number of halogens is 2. The first kappa shape index (κ1) is 14.1. The Kier molecular flexibility index (Phi) is 4.51. The minimum atomic E-state index is -0.240. The molecule has 1 aromatic heterocycles. The normalized spacial score (nSPS) is 28.1. The van der Waals surface area contributed by atoms with E-state index < -0.39 is 0 Å². The molecule has 0 saturated heterocycles. The highest BCUT2D eigenvalue weighted by atomic mass is 79.9. The van der Waals surface area contributed by atoms with Crippen LogP contribution < -0.4 is 5.32 Å². The van der Waals surface area contributed by atoms with Crippen molar-refractivity contribution in [1.82, 2.24) is 4.98 Å². The predicted molar refractivity (Wildman–Crippen MR) is 78.0 cm³/mol. The molecule has 0 bridgehead atoms. The molecule has 0 unspecified atom stereocenters. The zero-order valence-corrected chi connectivity index (χ0v) is 12.8. The second kappa shape index (κ2) is 5.76. The fraction of sp³-hybridized carbons (Fsp3) is 0.615. The fourth-order valence-electron chi connectivity index (χ4n) is 2.40. The minimum absolute atomic E-state index is 0.135. The van der Waals surface area contributed by atoms with Crippen LogP contribution in [0.15, 0.2) is 16.7 Å². The lowest BCUT2D eigenvalue weighted by Gasteiger charge is -2.39. The van der Waals surface area contributed by atoms with Crippen molar-refractivity contribution >= 4 is 33.3 Å². The minimum Gasteiger partial charge on any atom is -0.394 e. The quantitative estimate of drug-likeness (QED) is 0.883.